The van der Waals surface area contributed by atoms with Crippen LogP contribution in [0.25, 0.3) is 0 Å². The Balaban J connectivity index is 1.97. The Hall–Kier alpha value is -0.690. The Morgan fingerprint density at radius 1 is 1.37 bits per heavy atom. The van der Waals surface area contributed by atoms with Crippen molar-refractivity contribution >= 4 is 11.8 Å². The predicted molar refractivity (Wildman–Crippen MR) is 66.9 cm³/mol. The lowest BCUT2D eigenvalue weighted by atomic mass is 9.89. The van der Waals surface area contributed by atoms with Gasteiger partial charge in [-0.05, 0) is 31.6 Å². The van der Waals surface area contributed by atoms with Gasteiger partial charge < -0.3 is 5.11 Å². The fourth-order valence-electron chi connectivity index (χ4n) is 2.37. The van der Waals surface area contributed by atoms with Crippen molar-refractivity contribution < 1.29 is 18.3 Å². The van der Waals surface area contributed by atoms with Gasteiger partial charge in [0.05, 0.1) is 17.2 Å². The Morgan fingerprint density at radius 2 is 2.00 bits per heavy atom. The summed E-state index contributed by atoms with van der Waals surface area (Å²) in [5.41, 5.74) is -0.673. The lowest BCUT2D eigenvalue weighted by Gasteiger charge is -2.24. The van der Waals surface area contributed by atoms with Gasteiger partial charge in [0.25, 0.3) is 0 Å². The first kappa shape index (κ1) is 14.7. The molecule has 0 aromatic carbocycles. The molecule has 0 bridgehead atoms. The highest BCUT2D eigenvalue weighted by molar-refractivity contribution is 7.99. The molecular formula is C12H17F3N2OS. The van der Waals surface area contributed by atoms with Crippen LogP contribution in [-0.4, -0.2) is 26.7 Å². The number of thioether (sulfide) groups is 1. The molecule has 7 heteroatoms. The molecule has 1 aliphatic rings. The third-order valence-corrected chi connectivity index (χ3v) is 4.71. The number of hydrogen-bond acceptors (Lipinski definition) is 3. The van der Waals surface area contributed by atoms with Gasteiger partial charge in [-0.2, -0.15) is 18.3 Å². The minimum atomic E-state index is -4.36. The average molecular weight is 294 g/mol. The molecule has 2 rings (SSSR count). The normalized spacial score (nSPS) is 24.7. The van der Waals surface area contributed by atoms with E-state index < -0.39 is 11.9 Å². The van der Waals surface area contributed by atoms with Gasteiger partial charge in [-0.1, -0.05) is 0 Å². The summed E-state index contributed by atoms with van der Waals surface area (Å²) in [4.78, 5) is 0.195. The standard InChI is InChI=1S/C12H17F3N2OS/c1-17-11(12(13,14)15)10(6-16-17)19-7-8-2-4-9(18)5-3-8/h6,8-9,18H,2-5,7H2,1H3. The summed E-state index contributed by atoms with van der Waals surface area (Å²) in [6.07, 6.45) is -0.0348. The van der Waals surface area contributed by atoms with E-state index in [1.54, 1.807) is 0 Å². The average Bonchev–Trinajstić information content (AvgIpc) is 2.69. The van der Waals surface area contributed by atoms with E-state index in [2.05, 4.69) is 5.10 Å². The molecule has 1 heterocycles. The Morgan fingerprint density at radius 3 is 2.58 bits per heavy atom. The molecule has 1 aromatic rings. The number of aryl methyl sites for hydroxylation is 1. The van der Waals surface area contributed by atoms with E-state index in [1.165, 1.54) is 25.0 Å². The molecule has 0 atom stereocenters. The smallest absolute Gasteiger partial charge is 0.393 e. The Kier molecular flexibility index (Phi) is 4.45. The van der Waals surface area contributed by atoms with Crippen molar-refractivity contribution in [3.8, 4) is 0 Å². The lowest BCUT2D eigenvalue weighted by Crippen LogP contribution is -2.19. The van der Waals surface area contributed by atoms with Crippen molar-refractivity contribution in [2.45, 2.75) is 42.9 Å². The van der Waals surface area contributed by atoms with Crippen LogP contribution in [0.5, 0.6) is 0 Å². The molecular weight excluding hydrogens is 277 g/mol. The molecule has 1 saturated carbocycles. The summed E-state index contributed by atoms with van der Waals surface area (Å²) in [7, 11) is 1.31. The third kappa shape index (κ3) is 3.66. The second kappa shape index (κ2) is 5.75. The van der Waals surface area contributed by atoms with E-state index in [0.717, 1.165) is 30.4 Å². The Labute approximate surface area is 114 Å². The summed E-state index contributed by atoms with van der Waals surface area (Å²) >= 11 is 1.22. The van der Waals surface area contributed by atoms with Gasteiger partial charge in [-0.15, -0.1) is 11.8 Å². The monoisotopic (exact) mass is 294 g/mol. The highest BCUT2D eigenvalue weighted by atomic mass is 32.2. The van der Waals surface area contributed by atoms with Gasteiger partial charge in [0.2, 0.25) is 0 Å². The second-order valence-electron chi connectivity index (χ2n) is 4.96. The maximum atomic E-state index is 12.9. The van der Waals surface area contributed by atoms with Crippen molar-refractivity contribution in [2.24, 2.45) is 13.0 Å². The van der Waals surface area contributed by atoms with Crippen LogP contribution < -0.4 is 0 Å². The zero-order valence-electron chi connectivity index (χ0n) is 10.7. The number of rotatable bonds is 3. The largest absolute Gasteiger partial charge is 0.434 e. The molecule has 0 spiro atoms. The molecule has 1 aromatic heterocycles. The minimum absolute atomic E-state index is 0.195. The van der Waals surface area contributed by atoms with Gasteiger partial charge >= 0.3 is 6.18 Å². The molecule has 0 amide bonds. The molecule has 0 unspecified atom stereocenters. The van der Waals surface area contributed by atoms with Crippen LogP contribution in [0.3, 0.4) is 0 Å². The first-order valence-electron chi connectivity index (χ1n) is 6.28. The molecule has 19 heavy (non-hydrogen) atoms. The Bertz CT molecular complexity index is 425. The van der Waals surface area contributed by atoms with E-state index in [9.17, 15) is 18.3 Å². The third-order valence-electron chi connectivity index (χ3n) is 3.46. The summed E-state index contributed by atoms with van der Waals surface area (Å²) in [5.74, 6) is 1.04. The number of aliphatic hydroxyl groups excluding tert-OH is 1. The first-order valence-corrected chi connectivity index (χ1v) is 7.26. The molecule has 108 valence electrons. The topological polar surface area (TPSA) is 38.0 Å². The number of aliphatic hydroxyl groups is 1. The van der Waals surface area contributed by atoms with Gasteiger partial charge in [0, 0.05) is 12.8 Å². The summed E-state index contributed by atoms with van der Waals surface area (Å²) in [5, 5.41) is 13.1. The van der Waals surface area contributed by atoms with E-state index in [4.69, 9.17) is 0 Å². The van der Waals surface area contributed by atoms with Crippen LogP contribution in [-0.2, 0) is 13.2 Å². The lowest BCUT2D eigenvalue weighted by molar-refractivity contribution is -0.145. The molecule has 1 aliphatic carbocycles. The highest BCUT2D eigenvalue weighted by Crippen LogP contribution is 2.38. The maximum Gasteiger partial charge on any atom is 0.434 e. The van der Waals surface area contributed by atoms with Gasteiger partial charge in [0.15, 0.2) is 5.69 Å². The van der Waals surface area contributed by atoms with Crippen molar-refractivity contribution in [1.82, 2.24) is 9.78 Å². The first-order chi connectivity index (χ1) is 8.88. The van der Waals surface area contributed by atoms with E-state index in [-0.39, 0.29) is 11.0 Å². The van der Waals surface area contributed by atoms with Crippen molar-refractivity contribution in [1.29, 1.82) is 0 Å². The van der Waals surface area contributed by atoms with Crippen LogP contribution in [0, 0.1) is 5.92 Å². The molecule has 1 fully saturated rings. The van der Waals surface area contributed by atoms with Gasteiger partial charge in [0.1, 0.15) is 0 Å². The molecule has 1 N–H and O–H groups in total. The van der Waals surface area contributed by atoms with Crippen LogP contribution in [0.2, 0.25) is 0 Å². The highest BCUT2D eigenvalue weighted by Gasteiger charge is 2.37. The van der Waals surface area contributed by atoms with Crippen LogP contribution in [0.4, 0.5) is 13.2 Å². The minimum Gasteiger partial charge on any atom is -0.393 e. The summed E-state index contributed by atoms with van der Waals surface area (Å²) in [6.45, 7) is 0. The van der Waals surface area contributed by atoms with E-state index in [1.807, 2.05) is 0 Å². The molecule has 3 nitrogen and oxygen atoms in total. The summed E-state index contributed by atoms with van der Waals surface area (Å²) < 4.78 is 39.4. The predicted octanol–water partition coefficient (Wildman–Crippen LogP) is 3.08. The van der Waals surface area contributed by atoms with Crippen LogP contribution in [0.1, 0.15) is 31.4 Å². The van der Waals surface area contributed by atoms with E-state index >= 15 is 0 Å². The zero-order valence-corrected chi connectivity index (χ0v) is 11.5. The number of alkyl halides is 3. The molecule has 0 radical (unpaired) electrons. The molecule has 0 saturated heterocycles. The number of halogens is 3. The summed E-state index contributed by atoms with van der Waals surface area (Å²) in [6, 6.07) is 0. The number of nitrogens with zero attached hydrogens (tertiary/aromatic N) is 2. The second-order valence-corrected chi connectivity index (χ2v) is 6.03. The van der Waals surface area contributed by atoms with Gasteiger partial charge in [-0.3, -0.25) is 4.68 Å². The van der Waals surface area contributed by atoms with Crippen LogP contribution >= 0.6 is 11.8 Å². The maximum absolute atomic E-state index is 12.9. The van der Waals surface area contributed by atoms with Crippen molar-refractivity contribution in [2.75, 3.05) is 5.75 Å². The zero-order chi connectivity index (χ0) is 14.0. The molecule has 0 aliphatic heterocycles. The number of hydrogen-bond donors (Lipinski definition) is 1. The fourth-order valence-corrected chi connectivity index (χ4v) is 3.62. The van der Waals surface area contributed by atoms with Gasteiger partial charge in [-0.25, -0.2) is 0 Å². The van der Waals surface area contributed by atoms with E-state index in [0.29, 0.717) is 11.7 Å². The SMILES string of the molecule is Cn1ncc(SCC2CCC(O)CC2)c1C(F)(F)F. The fraction of sp³-hybridized carbons (Fsp3) is 0.750. The van der Waals surface area contributed by atoms with Crippen LogP contribution in [0.15, 0.2) is 11.1 Å². The van der Waals surface area contributed by atoms with Crippen molar-refractivity contribution in [3.05, 3.63) is 11.9 Å². The number of aromatic nitrogens is 2. The van der Waals surface area contributed by atoms with Crippen molar-refractivity contribution in [3.63, 3.8) is 0 Å². The quantitative estimate of drug-likeness (QED) is 0.871.